The quantitative estimate of drug-likeness (QED) is 0.643. The largest absolute Gasteiger partial charge is 0.462 e. The van der Waals surface area contributed by atoms with Crippen LogP contribution in [0.25, 0.3) is 11.1 Å². The lowest BCUT2D eigenvalue weighted by molar-refractivity contribution is -0.113. The molecule has 0 radical (unpaired) electrons. The molecule has 0 spiro atoms. The molecular formula is C15H14BrNO3S. The number of anilines is 1. The number of nitrogens with one attached hydrogen (secondary N) is 1. The molecule has 2 aromatic rings. The number of carbonyl (C=O) groups is 2. The zero-order valence-electron chi connectivity index (χ0n) is 11.4. The van der Waals surface area contributed by atoms with Crippen molar-refractivity contribution in [3.63, 3.8) is 0 Å². The molecular weight excluding hydrogens is 354 g/mol. The van der Waals surface area contributed by atoms with E-state index in [0.717, 1.165) is 11.1 Å². The molecule has 6 heteroatoms. The van der Waals surface area contributed by atoms with Crippen LogP contribution < -0.4 is 5.32 Å². The highest BCUT2D eigenvalue weighted by atomic mass is 79.9. The van der Waals surface area contributed by atoms with Gasteiger partial charge in [0.2, 0.25) is 5.91 Å². The Morgan fingerprint density at radius 1 is 1.29 bits per heavy atom. The topological polar surface area (TPSA) is 55.4 Å². The Kier molecular flexibility index (Phi) is 5.52. The van der Waals surface area contributed by atoms with Crippen molar-refractivity contribution < 1.29 is 14.3 Å². The van der Waals surface area contributed by atoms with Crippen molar-refractivity contribution in [1.29, 1.82) is 0 Å². The molecule has 110 valence electrons. The van der Waals surface area contributed by atoms with Crippen molar-refractivity contribution in [1.82, 2.24) is 0 Å². The van der Waals surface area contributed by atoms with E-state index in [1.54, 1.807) is 6.92 Å². The molecule has 0 aliphatic heterocycles. The number of rotatable bonds is 5. The van der Waals surface area contributed by atoms with Gasteiger partial charge < -0.3 is 10.1 Å². The van der Waals surface area contributed by atoms with Crippen LogP contribution in [-0.2, 0) is 9.53 Å². The SMILES string of the molecule is CCOC(=O)c1c(-c2ccccc2)csc1NC(=O)CBr. The van der Waals surface area contributed by atoms with Gasteiger partial charge in [0.25, 0.3) is 0 Å². The number of hydrogen-bond donors (Lipinski definition) is 1. The summed E-state index contributed by atoms with van der Waals surface area (Å²) >= 11 is 4.41. The first-order chi connectivity index (χ1) is 10.2. The minimum absolute atomic E-state index is 0.174. The Hall–Kier alpha value is -1.66. The van der Waals surface area contributed by atoms with Gasteiger partial charge >= 0.3 is 5.97 Å². The predicted molar refractivity (Wildman–Crippen MR) is 88.1 cm³/mol. The Morgan fingerprint density at radius 3 is 2.62 bits per heavy atom. The minimum atomic E-state index is -0.428. The summed E-state index contributed by atoms with van der Waals surface area (Å²) in [6.45, 7) is 2.04. The Morgan fingerprint density at radius 2 is 2.00 bits per heavy atom. The second kappa shape index (κ2) is 7.38. The van der Waals surface area contributed by atoms with E-state index in [1.165, 1.54) is 11.3 Å². The molecule has 0 bridgehead atoms. The highest BCUT2D eigenvalue weighted by molar-refractivity contribution is 9.09. The normalized spacial score (nSPS) is 10.2. The number of thiophene rings is 1. The molecule has 0 saturated heterocycles. The van der Waals surface area contributed by atoms with Gasteiger partial charge in [-0.1, -0.05) is 46.3 Å². The number of hydrogen-bond acceptors (Lipinski definition) is 4. The molecule has 0 unspecified atom stereocenters. The number of ether oxygens (including phenoxy) is 1. The van der Waals surface area contributed by atoms with Gasteiger partial charge in [0.05, 0.1) is 11.9 Å². The van der Waals surface area contributed by atoms with Crippen LogP contribution in [0.5, 0.6) is 0 Å². The van der Waals surface area contributed by atoms with Gasteiger partial charge in [0.1, 0.15) is 10.6 Å². The summed E-state index contributed by atoms with van der Waals surface area (Å²) in [6.07, 6.45) is 0. The van der Waals surface area contributed by atoms with Crippen LogP contribution in [0.4, 0.5) is 5.00 Å². The van der Waals surface area contributed by atoms with Crippen LogP contribution >= 0.6 is 27.3 Å². The number of esters is 1. The molecule has 1 amide bonds. The number of amides is 1. The summed E-state index contributed by atoms with van der Waals surface area (Å²) < 4.78 is 5.11. The fourth-order valence-electron chi connectivity index (χ4n) is 1.85. The van der Waals surface area contributed by atoms with Gasteiger partial charge in [-0.05, 0) is 12.5 Å². The third-order valence-corrected chi connectivity index (χ3v) is 4.13. The van der Waals surface area contributed by atoms with E-state index in [0.29, 0.717) is 10.6 Å². The molecule has 1 N–H and O–H groups in total. The molecule has 0 atom stereocenters. The highest BCUT2D eigenvalue weighted by Gasteiger charge is 2.22. The predicted octanol–water partition coefficient (Wildman–Crippen LogP) is 3.93. The zero-order valence-corrected chi connectivity index (χ0v) is 13.8. The third kappa shape index (κ3) is 3.71. The molecule has 0 fully saturated rings. The van der Waals surface area contributed by atoms with E-state index < -0.39 is 5.97 Å². The van der Waals surface area contributed by atoms with Gasteiger partial charge in [0, 0.05) is 10.9 Å². The van der Waals surface area contributed by atoms with Crippen LogP contribution in [-0.4, -0.2) is 23.8 Å². The van der Waals surface area contributed by atoms with Crippen molar-refractivity contribution in [3.8, 4) is 11.1 Å². The Bertz CT molecular complexity index is 640. The fraction of sp³-hybridized carbons (Fsp3) is 0.200. The third-order valence-electron chi connectivity index (χ3n) is 2.73. The van der Waals surface area contributed by atoms with Crippen LogP contribution in [0.1, 0.15) is 17.3 Å². The lowest BCUT2D eigenvalue weighted by atomic mass is 10.0. The van der Waals surface area contributed by atoms with Crippen LogP contribution in [0.3, 0.4) is 0 Å². The van der Waals surface area contributed by atoms with E-state index in [2.05, 4.69) is 21.2 Å². The van der Waals surface area contributed by atoms with Crippen molar-refractivity contribution in [2.75, 3.05) is 17.3 Å². The van der Waals surface area contributed by atoms with E-state index in [9.17, 15) is 9.59 Å². The van der Waals surface area contributed by atoms with Gasteiger partial charge in [-0.3, -0.25) is 4.79 Å². The number of alkyl halides is 1. The molecule has 0 saturated carbocycles. The molecule has 1 aromatic carbocycles. The molecule has 4 nitrogen and oxygen atoms in total. The van der Waals surface area contributed by atoms with Gasteiger partial charge in [-0.15, -0.1) is 11.3 Å². The lowest BCUT2D eigenvalue weighted by Crippen LogP contribution is -2.15. The summed E-state index contributed by atoms with van der Waals surface area (Å²) in [6, 6.07) is 9.55. The van der Waals surface area contributed by atoms with Gasteiger partial charge in [0.15, 0.2) is 0 Å². The van der Waals surface area contributed by atoms with Crippen molar-refractivity contribution in [3.05, 3.63) is 41.3 Å². The summed E-state index contributed by atoms with van der Waals surface area (Å²) in [5.74, 6) is -0.635. The Balaban J connectivity index is 2.46. The second-order valence-corrected chi connectivity index (χ2v) is 5.56. The van der Waals surface area contributed by atoms with E-state index >= 15 is 0 Å². The van der Waals surface area contributed by atoms with Crippen molar-refractivity contribution in [2.24, 2.45) is 0 Å². The number of halogens is 1. The Labute approximate surface area is 135 Å². The molecule has 0 aliphatic rings. The maximum absolute atomic E-state index is 12.2. The monoisotopic (exact) mass is 367 g/mol. The zero-order chi connectivity index (χ0) is 15.2. The maximum Gasteiger partial charge on any atom is 0.341 e. The van der Waals surface area contributed by atoms with Crippen LogP contribution in [0.2, 0.25) is 0 Å². The van der Waals surface area contributed by atoms with Gasteiger partial charge in [-0.25, -0.2) is 4.79 Å². The molecule has 2 rings (SSSR count). The number of benzene rings is 1. The molecule has 21 heavy (non-hydrogen) atoms. The van der Waals surface area contributed by atoms with Crippen molar-refractivity contribution >= 4 is 44.1 Å². The van der Waals surface area contributed by atoms with Crippen LogP contribution in [0.15, 0.2) is 35.7 Å². The second-order valence-electron chi connectivity index (χ2n) is 4.12. The van der Waals surface area contributed by atoms with Gasteiger partial charge in [-0.2, -0.15) is 0 Å². The summed E-state index contributed by atoms with van der Waals surface area (Å²) in [5.41, 5.74) is 2.09. The molecule has 0 aliphatic carbocycles. The number of carbonyl (C=O) groups excluding carboxylic acids is 2. The van der Waals surface area contributed by atoms with Crippen molar-refractivity contribution in [2.45, 2.75) is 6.92 Å². The highest BCUT2D eigenvalue weighted by Crippen LogP contribution is 2.36. The lowest BCUT2D eigenvalue weighted by Gasteiger charge is -2.08. The summed E-state index contributed by atoms with van der Waals surface area (Å²) in [4.78, 5) is 23.8. The van der Waals surface area contributed by atoms with Crippen LogP contribution in [0, 0.1) is 0 Å². The average Bonchev–Trinajstić information content (AvgIpc) is 2.92. The molecule has 1 aromatic heterocycles. The maximum atomic E-state index is 12.2. The smallest absolute Gasteiger partial charge is 0.341 e. The van der Waals surface area contributed by atoms with E-state index in [4.69, 9.17) is 4.74 Å². The van der Waals surface area contributed by atoms with E-state index in [1.807, 2.05) is 35.7 Å². The minimum Gasteiger partial charge on any atom is -0.462 e. The molecule has 1 heterocycles. The standard InChI is InChI=1S/C15H14BrNO3S/c1-2-20-15(19)13-11(10-6-4-3-5-7-10)9-21-14(13)17-12(18)8-16/h3-7,9H,2,8H2,1H3,(H,17,18). The first-order valence-electron chi connectivity index (χ1n) is 6.37. The summed E-state index contributed by atoms with van der Waals surface area (Å²) in [7, 11) is 0. The summed E-state index contributed by atoms with van der Waals surface area (Å²) in [5, 5.41) is 5.26. The average molecular weight is 368 g/mol. The first kappa shape index (κ1) is 15.7. The van der Waals surface area contributed by atoms with E-state index in [-0.39, 0.29) is 17.8 Å². The first-order valence-corrected chi connectivity index (χ1v) is 8.37. The fourth-order valence-corrected chi connectivity index (χ4v) is 2.96.